The fourth-order valence-electron chi connectivity index (χ4n) is 2.10. The van der Waals surface area contributed by atoms with Crippen LogP contribution in [0.5, 0.6) is 0 Å². The van der Waals surface area contributed by atoms with Crippen LogP contribution in [-0.2, 0) is 0 Å². The van der Waals surface area contributed by atoms with Gasteiger partial charge in [-0.2, -0.15) is 0 Å². The lowest BCUT2D eigenvalue weighted by Crippen LogP contribution is -2.16. The smallest absolute Gasteiger partial charge is 0.278 e. The zero-order chi connectivity index (χ0) is 16.2. The first-order chi connectivity index (χ1) is 11.1. The van der Waals surface area contributed by atoms with E-state index in [0.717, 1.165) is 11.1 Å². The summed E-state index contributed by atoms with van der Waals surface area (Å²) in [6.45, 7) is 1.90. The Balaban J connectivity index is 1.93. The Morgan fingerprint density at radius 3 is 2.70 bits per heavy atom. The molecule has 1 amide bonds. The fraction of sp³-hybridized carbons (Fsp3) is 0.0588. The lowest BCUT2D eigenvalue weighted by atomic mass is 10.2. The van der Waals surface area contributed by atoms with E-state index in [1.54, 1.807) is 24.5 Å². The Labute approximate surface area is 133 Å². The summed E-state index contributed by atoms with van der Waals surface area (Å²) < 4.78 is 0. The van der Waals surface area contributed by atoms with Gasteiger partial charge in [0.25, 0.3) is 5.91 Å². The number of para-hydroxylation sites is 1. The van der Waals surface area contributed by atoms with Crippen LogP contribution in [0.2, 0.25) is 0 Å². The van der Waals surface area contributed by atoms with Crippen LogP contribution in [0.4, 0.5) is 11.5 Å². The Bertz CT molecular complexity index is 849. The van der Waals surface area contributed by atoms with Gasteiger partial charge in [-0.15, -0.1) is 0 Å². The predicted molar refractivity (Wildman–Crippen MR) is 87.2 cm³/mol. The molecule has 0 spiro atoms. The molecule has 2 N–H and O–H groups in total. The summed E-state index contributed by atoms with van der Waals surface area (Å²) in [6.07, 6.45) is 4.75. The minimum Gasteiger partial charge on any atom is -0.320 e. The van der Waals surface area contributed by atoms with Gasteiger partial charge >= 0.3 is 0 Å². The number of nitrogens with zero attached hydrogens (tertiary/aromatic N) is 3. The summed E-state index contributed by atoms with van der Waals surface area (Å²) in [5.41, 5.74) is 10.7. The predicted octanol–water partition coefficient (Wildman–Crippen LogP) is 3.01. The van der Waals surface area contributed by atoms with Crippen LogP contribution < -0.4 is 11.1 Å². The van der Waals surface area contributed by atoms with Crippen LogP contribution in [0.15, 0.2) is 55.0 Å². The van der Waals surface area contributed by atoms with Crippen LogP contribution in [0, 0.1) is 6.92 Å². The topological polar surface area (TPSA) is 91.6 Å². The van der Waals surface area contributed by atoms with Crippen molar-refractivity contribution in [2.45, 2.75) is 6.92 Å². The largest absolute Gasteiger partial charge is 0.320 e. The molecule has 0 aliphatic heterocycles. The normalized spacial score (nSPS) is 10.3. The summed E-state index contributed by atoms with van der Waals surface area (Å²) in [5, 5.41) is 2.77. The summed E-state index contributed by atoms with van der Waals surface area (Å²) in [7, 11) is 0. The van der Waals surface area contributed by atoms with E-state index in [2.05, 4.69) is 20.3 Å². The average molecular weight is 304 g/mol. The zero-order valence-electron chi connectivity index (χ0n) is 12.4. The second kappa shape index (κ2) is 6.23. The van der Waals surface area contributed by atoms with Gasteiger partial charge in [0, 0.05) is 23.6 Å². The first-order valence-corrected chi connectivity index (χ1v) is 7.01. The third-order valence-corrected chi connectivity index (χ3v) is 3.34. The quantitative estimate of drug-likeness (QED) is 0.805. The lowest BCUT2D eigenvalue weighted by molar-refractivity contribution is 0.102. The van der Waals surface area contributed by atoms with Gasteiger partial charge in [0.1, 0.15) is 0 Å². The number of aromatic nitrogens is 3. The molecule has 6 nitrogen and oxygen atoms in total. The molecule has 3 rings (SSSR count). The van der Waals surface area contributed by atoms with Gasteiger partial charge in [-0.1, -0.05) is 18.2 Å². The Hall–Kier alpha value is -3.28. The Morgan fingerprint density at radius 1 is 1.13 bits per heavy atom. The van der Waals surface area contributed by atoms with Crippen molar-refractivity contribution >= 4 is 17.4 Å². The molecule has 1 aromatic carbocycles. The van der Waals surface area contributed by atoms with E-state index in [0.29, 0.717) is 11.4 Å². The van der Waals surface area contributed by atoms with E-state index in [4.69, 9.17) is 5.73 Å². The van der Waals surface area contributed by atoms with Gasteiger partial charge in [-0.25, -0.2) is 9.97 Å². The molecular weight excluding hydrogens is 290 g/mol. The molecule has 2 aromatic heterocycles. The second-order valence-corrected chi connectivity index (χ2v) is 4.96. The molecule has 23 heavy (non-hydrogen) atoms. The van der Waals surface area contributed by atoms with Gasteiger partial charge < -0.3 is 5.32 Å². The van der Waals surface area contributed by atoms with E-state index >= 15 is 0 Å². The second-order valence-electron chi connectivity index (χ2n) is 4.96. The zero-order valence-corrected chi connectivity index (χ0v) is 12.4. The van der Waals surface area contributed by atoms with E-state index in [1.807, 2.05) is 31.2 Å². The standard InChI is InChI=1S/C17H14N5O/c1-11-5-2-3-7-13(11)22-17(23)15-16(18)20-10-14(21-15)12-6-4-8-19-9-12/h2-10,18H,1H3,(H,22,23). The third kappa shape index (κ3) is 3.16. The molecule has 0 fully saturated rings. The highest BCUT2D eigenvalue weighted by Crippen LogP contribution is 2.20. The van der Waals surface area contributed by atoms with Crippen LogP contribution in [0.3, 0.4) is 0 Å². The molecule has 0 unspecified atom stereocenters. The van der Waals surface area contributed by atoms with E-state index in [1.165, 1.54) is 6.20 Å². The van der Waals surface area contributed by atoms with Crippen molar-refractivity contribution in [3.63, 3.8) is 0 Å². The number of hydrogen-bond acceptors (Lipinski definition) is 4. The van der Waals surface area contributed by atoms with Crippen molar-refractivity contribution in [3.05, 3.63) is 66.2 Å². The number of nitrogens with one attached hydrogen (secondary N) is 2. The first-order valence-electron chi connectivity index (χ1n) is 7.01. The molecule has 0 atom stereocenters. The SMILES string of the molecule is Cc1ccccc1NC(=O)c1nc(-c2cccnc2)cnc1[NH]. The lowest BCUT2D eigenvalue weighted by Gasteiger charge is -2.09. The minimum atomic E-state index is -0.456. The van der Waals surface area contributed by atoms with Crippen LogP contribution >= 0.6 is 0 Å². The number of amides is 1. The van der Waals surface area contributed by atoms with Crippen LogP contribution in [0.1, 0.15) is 16.1 Å². The number of aryl methyl sites for hydroxylation is 1. The number of hydrogen-bond donors (Lipinski definition) is 1. The molecule has 2 heterocycles. The van der Waals surface area contributed by atoms with Gasteiger partial charge in [-0.05, 0) is 30.7 Å². The van der Waals surface area contributed by atoms with E-state index < -0.39 is 5.91 Å². The minimum absolute atomic E-state index is 0.0189. The summed E-state index contributed by atoms with van der Waals surface area (Å²) in [5.74, 6) is -0.619. The highest BCUT2D eigenvalue weighted by Gasteiger charge is 2.16. The number of pyridine rings is 1. The van der Waals surface area contributed by atoms with Crippen molar-refractivity contribution in [3.8, 4) is 11.3 Å². The number of rotatable bonds is 3. The maximum atomic E-state index is 12.4. The van der Waals surface area contributed by atoms with Gasteiger partial charge in [-0.3, -0.25) is 15.5 Å². The highest BCUT2D eigenvalue weighted by atomic mass is 16.1. The van der Waals surface area contributed by atoms with Crippen molar-refractivity contribution in [1.29, 1.82) is 0 Å². The first kappa shape index (κ1) is 14.6. The number of carbonyl (C=O) groups is 1. The number of carbonyl (C=O) groups excluding carboxylic acids is 1. The monoisotopic (exact) mass is 304 g/mol. The molecule has 0 aliphatic carbocycles. The van der Waals surface area contributed by atoms with E-state index in [9.17, 15) is 4.79 Å². The van der Waals surface area contributed by atoms with Crippen molar-refractivity contribution < 1.29 is 4.79 Å². The number of benzene rings is 1. The van der Waals surface area contributed by atoms with Gasteiger partial charge in [0.15, 0.2) is 11.5 Å². The molecule has 0 saturated carbocycles. The molecule has 0 saturated heterocycles. The fourth-order valence-corrected chi connectivity index (χ4v) is 2.10. The number of anilines is 1. The van der Waals surface area contributed by atoms with Crippen LogP contribution in [0.25, 0.3) is 11.3 Å². The van der Waals surface area contributed by atoms with Crippen molar-refractivity contribution in [2.24, 2.45) is 0 Å². The van der Waals surface area contributed by atoms with Crippen molar-refractivity contribution in [2.75, 3.05) is 5.32 Å². The molecule has 3 aromatic rings. The molecule has 0 aliphatic rings. The maximum Gasteiger partial charge on any atom is 0.278 e. The molecule has 0 bridgehead atoms. The molecule has 1 radical (unpaired) electrons. The Morgan fingerprint density at radius 2 is 1.96 bits per heavy atom. The Kier molecular flexibility index (Phi) is 3.97. The molecule has 6 heteroatoms. The molecular formula is C17H14N5O. The maximum absolute atomic E-state index is 12.4. The van der Waals surface area contributed by atoms with E-state index in [-0.39, 0.29) is 11.5 Å². The van der Waals surface area contributed by atoms with Gasteiger partial charge in [0.05, 0.1) is 11.9 Å². The summed E-state index contributed by atoms with van der Waals surface area (Å²) >= 11 is 0. The van der Waals surface area contributed by atoms with Crippen LogP contribution in [-0.4, -0.2) is 20.9 Å². The summed E-state index contributed by atoms with van der Waals surface area (Å²) in [6, 6.07) is 11.0. The van der Waals surface area contributed by atoms with Crippen molar-refractivity contribution in [1.82, 2.24) is 20.7 Å². The highest BCUT2D eigenvalue weighted by molar-refractivity contribution is 6.06. The summed E-state index contributed by atoms with van der Waals surface area (Å²) in [4.78, 5) is 24.7. The molecule has 113 valence electrons. The average Bonchev–Trinajstić information content (AvgIpc) is 2.58. The third-order valence-electron chi connectivity index (χ3n) is 3.34. The van der Waals surface area contributed by atoms with Gasteiger partial charge in [0.2, 0.25) is 0 Å².